The van der Waals surface area contributed by atoms with Crippen LogP contribution in [0.15, 0.2) is 24.3 Å². The van der Waals surface area contributed by atoms with Crippen LogP contribution in [0.3, 0.4) is 0 Å². The number of benzene rings is 1. The Morgan fingerprint density at radius 3 is 2.42 bits per heavy atom. The molecule has 1 aromatic carbocycles. The van der Waals surface area contributed by atoms with Crippen LogP contribution >= 0.6 is 0 Å². The van der Waals surface area contributed by atoms with Gasteiger partial charge in [0.25, 0.3) is 0 Å². The van der Waals surface area contributed by atoms with Crippen molar-refractivity contribution in [2.45, 2.75) is 57.9 Å². The summed E-state index contributed by atoms with van der Waals surface area (Å²) in [5, 5.41) is 6.49. The van der Waals surface area contributed by atoms with Crippen molar-refractivity contribution in [1.82, 2.24) is 5.32 Å². The Morgan fingerprint density at radius 1 is 1.08 bits per heavy atom. The van der Waals surface area contributed by atoms with Crippen LogP contribution in [0.4, 0.5) is 11.4 Å². The van der Waals surface area contributed by atoms with Crippen molar-refractivity contribution in [3.05, 3.63) is 24.3 Å². The molecule has 0 unspecified atom stereocenters. The molecular formula is C20H31N3O. The van der Waals surface area contributed by atoms with E-state index in [-0.39, 0.29) is 5.91 Å². The molecule has 1 aliphatic heterocycles. The number of carbonyl (C=O) groups is 1. The number of amides is 1. The minimum Gasteiger partial charge on any atom is -0.385 e. The first kappa shape index (κ1) is 17.1. The van der Waals surface area contributed by atoms with Gasteiger partial charge in [0.1, 0.15) is 0 Å². The normalized spacial score (nSPS) is 19.5. The predicted molar refractivity (Wildman–Crippen MR) is 101 cm³/mol. The van der Waals surface area contributed by atoms with Crippen molar-refractivity contribution < 1.29 is 4.79 Å². The molecule has 2 aliphatic rings. The van der Waals surface area contributed by atoms with Gasteiger partial charge in [-0.05, 0) is 55.9 Å². The SMILES string of the molecule is CC1CCN(c2ccc(NCCC(=O)NC3CCCC3)cc2)CC1. The van der Waals surface area contributed by atoms with E-state index in [0.717, 1.165) is 37.5 Å². The van der Waals surface area contributed by atoms with E-state index in [2.05, 4.69) is 46.7 Å². The number of hydrogen-bond acceptors (Lipinski definition) is 3. The number of hydrogen-bond donors (Lipinski definition) is 2. The van der Waals surface area contributed by atoms with Gasteiger partial charge in [0.05, 0.1) is 0 Å². The molecule has 1 saturated heterocycles. The summed E-state index contributed by atoms with van der Waals surface area (Å²) in [6.45, 7) is 5.36. The second-order valence-corrected chi connectivity index (χ2v) is 7.44. The molecule has 24 heavy (non-hydrogen) atoms. The lowest BCUT2D eigenvalue weighted by Gasteiger charge is -2.32. The first-order valence-corrected chi connectivity index (χ1v) is 9.59. The molecule has 4 nitrogen and oxygen atoms in total. The summed E-state index contributed by atoms with van der Waals surface area (Å²) in [6.07, 6.45) is 7.93. The number of anilines is 2. The summed E-state index contributed by atoms with van der Waals surface area (Å²) < 4.78 is 0. The monoisotopic (exact) mass is 329 g/mol. The lowest BCUT2D eigenvalue weighted by atomic mass is 9.99. The van der Waals surface area contributed by atoms with Crippen molar-refractivity contribution in [2.24, 2.45) is 5.92 Å². The largest absolute Gasteiger partial charge is 0.385 e. The minimum atomic E-state index is 0.174. The fourth-order valence-electron chi connectivity index (χ4n) is 3.75. The van der Waals surface area contributed by atoms with Gasteiger partial charge in [-0.25, -0.2) is 0 Å². The highest BCUT2D eigenvalue weighted by Crippen LogP contribution is 2.24. The Bertz CT molecular complexity index is 514. The molecule has 3 rings (SSSR count). The molecule has 2 fully saturated rings. The maximum atomic E-state index is 11.9. The summed E-state index contributed by atoms with van der Waals surface area (Å²) in [6, 6.07) is 9.06. The smallest absolute Gasteiger partial charge is 0.221 e. The first-order valence-electron chi connectivity index (χ1n) is 9.59. The van der Waals surface area contributed by atoms with E-state index in [9.17, 15) is 4.79 Å². The second-order valence-electron chi connectivity index (χ2n) is 7.44. The van der Waals surface area contributed by atoms with Crippen LogP contribution in [0.1, 0.15) is 51.9 Å². The zero-order valence-electron chi connectivity index (χ0n) is 14.9. The van der Waals surface area contributed by atoms with Gasteiger partial charge in [-0.1, -0.05) is 19.8 Å². The molecule has 0 spiro atoms. The Balaban J connectivity index is 1.38. The Morgan fingerprint density at radius 2 is 1.75 bits per heavy atom. The molecule has 0 bridgehead atoms. The van der Waals surface area contributed by atoms with Crippen molar-refractivity contribution in [2.75, 3.05) is 29.9 Å². The van der Waals surface area contributed by atoms with Gasteiger partial charge in [-0.2, -0.15) is 0 Å². The summed E-state index contributed by atoms with van der Waals surface area (Å²) in [4.78, 5) is 14.4. The van der Waals surface area contributed by atoms with E-state index in [4.69, 9.17) is 0 Å². The van der Waals surface area contributed by atoms with E-state index >= 15 is 0 Å². The van der Waals surface area contributed by atoms with Gasteiger partial charge in [0.2, 0.25) is 5.91 Å². The lowest BCUT2D eigenvalue weighted by molar-refractivity contribution is -0.121. The molecule has 1 amide bonds. The zero-order valence-corrected chi connectivity index (χ0v) is 14.9. The molecule has 0 atom stereocenters. The quantitative estimate of drug-likeness (QED) is 0.835. The first-order chi connectivity index (χ1) is 11.7. The molecule has 1 aliphatic carbocycles. The third-order valence-corrected chi connectivity index (χ3v) is 5.42. The Hall–Kier alpha value is -1.71. The van der Waals surface area contributed by atoms with Crippen LogP contribution in [-0.2, 0) is 4.79 Å². The highest BCUT2D eigenvalue weighted by atomic mass is 16.1. The van der Waals surface area contributed by atoms with Crippen LogP contribution < -0.4 is 15.5 Å². The van der Waals surface area contributed by atoms with Crippen molar-refractivity contribution in [3.8, 4) is 0 Å². The van der Waals surface area contributed by atoms with Crippen LogP contribution in [0, 0.1) is 5.92 Å². The fraction of sp³-hybridized carbons (Fsp3) is 0.650. The van der Waals surface area contributed by atoms with Gasteiger partial charge in [-0.3, -0.25) is 4.79 Å². The van der Waals surface area contributed by atoms with E-state index < -0.39 is 0 Å². The minimum absolute atomic E-state index is 0.174. The van der Waals surface area contributed by atoms with Crippen LogP contribution in [0.5, 0.6) is 0 Å². The zero-order chi connectivity index (χ0) is 16.8. The number of carbonyl (C=O) groups excluding carboxylic acids is 1. The average Bonchev–Trinajstić information content (AvgIpc) is 3.09. The lowest BCUT2D eigenvalue weighted by Crippen LogP contribution is -2.33. The van der Waals surface area contributed by atoms with Crippen molar-refractivity contribution in [1.29, 1.82) is 0 Å². The van der Waals surface area contributed by atoms with Gasteiger partial charge in [0, 0.05) is 43.5 Å². The van der Waals surface area contributed by atoms with Crippen molar-refractivity contribution in [3.63, 3.8) is 0 Å². The average molecular weight is 329 g/mol. The van der Waals surface area contributed by atoms with Gasteiger partial charge in [0.15, 0.2) is 0 Å². The highest BCUT2D eigenvalue weighted by molar-refractivity contribution is 5.76. The van der Waals surface area contributed by atoms with E-state index in [1.165, 1.54) is 31.4 Å². The summed E-state index contributed by atoms with van der Waals surface area (Å²) in [5.41, 5.74) is 2.41. The Labute approximate surface area is 146 Å². The van der Waals surface area contributed by atoms with E-state index in [1.807, 2.05) is 0 Å². The molecule has 2 N–H and O–H groups in total. The maximum absolute atomic E-state index is 11.9. The standard InChI is InChI=1S/C20H31N3O/c1-16-11-14-23(15-12-16)19-8-6-17(7-9-19)21-13-10-20(24)22-18-4-2-3-5-18/h6-9,16,18,21H,2-5,10-15H2,1H3,(H,22,24). The third-order valence-electron chi connectivity index (χ3n) is 5.42. The molecule has 1 saturated carbocycles. The van der Waals surface area contributed by atoms with Crippen LogP contribution in [0.25, 0.3) is 0 Å². The van der Waals surface area contributed by atoms with Crippen LogP contribution in [-0.4, -0.2) is 31.6 Å². The fourth-order valence-corrected chi connectivity index (χ4v) is 3.75. The maximum Gasteiger partial charge on any atom is 0.221 e. The molecule has 1 heterocycles. The molecule has 1 aromatic rings. The number of nitrogens with one attached hydrogen (secondary N) is 2. The summed E-state index contributed by atoms with van der Waals surface area (Å²) in [5.74, 6) is 1.03. The molecule has 0 aromatic heterocycles. The second kappa shape index (κ2) is 8.41. The molecule has 132 valence electrons. The van der Waals surface area contributed by atoms with Gasteiger partial charge >= 0.3 is 0 Å². The Kier molecular flexibility index (Phi) is 6.00. The predicted octanol–water partition coefficient (Wildman–Crippen LogP) is 3.78. The molecule has 0 radical (unpaired) electrons. The highest BCUT2D eigenvalue weighted by Gasteiger charge is 2.17. The van der Waals surface area contributed by atoms with Gasteiger partial charge in [-0.15, -0.1) is 0 Å². The number of rotatable bonds is 6. The molecule has 4 heteroatoms. The topological polar surface area (TPSA) is 44.4 Å². The third kappa shape index (κ3) is 4.89. The summed E-state index contributed by atoms with van der Waals surface area (Å²) >= 11 is 0. The van der Waals surface area contributed by atoms with E-state index in [1.54, 1.807) is 0 Å². The summed E-state index contributed by atoms with van der Waals surface area (Å²) in [7, 11) is 0. The number of nitrogens with zero attached hydrogens (tertiary/aromatic N) is 1. The van der Waals surface area contributed by atoms with Crippen molar-refractivity contribution >= 4 is 17.3 Å². The van der Waals surface area contributed by atoms with Gasteiger partial charge < -0.3 is 15.5 Å². The van der Waals surface area contributed by atoms with Crippen LogP contribution in [0.2, 0.25) is 0 Å². The van der Waals surface area contributed by atoms with E-state index in [0.29, 0.717) is 19.0 Å². The number of piperidine rings is 1. The molecular weight excluding hydrogens is 298 g/mol.